The summed E-state index contributed by atoms with van der Waals surface area (Å²) in [6, 6.07) is 7.64. The van der Waals surface area contributed by atoms with Crippen LogP contribution < -0.4 is 10.2 Å². The third-order valence-corrected chi connectivity index (χ3v) is 5.51. The van der Waals surface area contributed by atoms with Crippen LogP contribution in [0.3, 0.4) is 0 Å². The number of pyridine rings is 1. The van der Waals surface area contributed by atoms with Crippen molar-refractivity contribution in [1.29, 1.82) is 0 Å². The van der Waals surface area contributed by atoms with Gasteiger partial charge in [-0.1, -0.05) is 12.1 Å². The number of hydrogen-bond acceptors (Lipinski definition) is 9. The molecule has 3 aromatic heterocycles. The average molecular weight is 431 g/mol. The minimum Gasteiger partial charge on any atom is -0.338 e. The molecule has 3 aromatic rings. The molecule has 0 saturated carbocycles. The summed E-state index contributed by atoms with van der Waals surface area (Å²) < 4.78 is 0. The van der Waals surface area contributed by atoms with Gasteiger partial charge in [-0.05, 0) is 44.5 Å². The number of allylic oxidation sites excluding steroid dienone is 2. The Kier molecular flexibility index (Phi) is 5.84. The second-order valence-corrected chi connectivity index (χ2v) is 7.95. The molecular weight excluding hydrogens is 404 g/mol. The highest BCUT2D eigenvalue weighted by Gasteiger charge is 2.19. The summed E-state index contributed by atoms with van der Waals surface area (Å²) in [6.07, 6.45) is 9.08. The smallest absolute Gasteiger partial charge is 0.256 e. The minimum absolute atomic E-state index is 0.415. The second-order valence-electron chi connectivity index (χ2n) is 7.95. The van der Waals surface area contributed by atoms with Crippen molar-refractivity contribution in [2.75, 3.05) is 43.4 Å². The maximum atomic E-state index is 4.70. The molecular formula is C22H26N10. The van der Waals surface area contributed by atoms with Gasteiger partial charge < -0.3 is 15.1 Å². The van der Waals surface area contributed by atoms with E-state index in [4.69, 9.17) is 4.99 Å². The number of nitrogens with one attached hydrogen (secondary N) is 2. The molecule has 10 nitrogen and oxygen atoms in total. The molecule has 4 heterocycles. The molecule has 0 radical (unpaired) electrons. The zero-order chi connectivity index (χ0) is 21.8. The largest absolute Gasteiger partial charge is 0.338 e. The first-order valence-electron chi connectivity index (χ1n) is 10.9. The Morgan fingerprint density at radius 2 is 2.00 bits per heavy atom. The zero-order valence-electron chi connectivity index (χ0n) is 18.1. The van der Waals surface area contributed by atoms with E-state index >= 15 is 0 Å². The van der Waals surface area contributed by atoms with E-state index in [1.54, 1.807) is 6.20 Å². The maximum absolute atomic E-state index is 4.70. The van der Waals surface area contributed by atoms with Gasteiger partial charge in [0.1, 0.15) is 0 Å². The highest BCUT2D eigenvalue weighted by molar-refractivity contribution is 5.96. The first-order chi connectivity index (χ1) is 15.7. The third kappa shape index (κ3) is 4.80. The number of aromatic amines is 1. The molecule has 32 heavy (non-hydrogen) atoms. The minimum atomic E-state index is 0.415. The molecule has 1 aliphatic carbocycles. The van der Waals surface area contributed by atoms with Crippen LogP contribution in [0.1, 0.15) is 19.3 Å². The van der Waals surface area contributed by atoms with Gasteiger partial charge in [0.05, 0.1) is 11.4 Å². The lowest BCUT2D eigenvalue weighted by atomic mass is 10.1. The lowest BCUT2D eigenvalue weighted by Gasteiger charge is -2.32. The summed E-state index contributed by atoms with van der Waals surface area (Å²) in [4.78, 5) is 27.4. The van der Waals surface area contributed by atoms with Gasteiger partial charge in [0.15, 0.2) is 5.82 Å². The highest BCUT2D eigenvalue weighted by Crippen LogP contribution is 2.23. The number of H-pyrrole nitrogens is 1. The predicted octanol–water partition coefficient (Wildman–Crippen LogP) is 2.96. The maximum Gasteiger partial charge on any atom is 0.256 e. The van der Waals surface area contributed by atoms with Crippen molar-refractivity contribution in [2.45, 2.75) is 19.3 Å². The number of aliphatic imine (C=N–C) groups is 1. The molecule has 0 spiro atoms. The lowest BCUT2D eigenvalue weighted by Crippen LogP contribution is -2.45. The van der Waals surface area contributed by atoms with E-state index in [1.165, 1.54) is 0 Å². The van der Waals surface area contributed by atoms with E-state index < -0.39 is 0 Å². The number of anilines is 3. The molecule has 10 heteroatoms. The molecule has 0 bridgehead atoms. The summed E-state index contributed by atoms with van der Waals surface area (Å²) in [5, 5.41) is 10.6. The zero-order valence-corrected chi connectivity index (χ0v) is 18.1. The first-order valence-corrected chi connectivity index (χ1v) is 10.9. The van der Waals surface area contributed by atoms with Crippen molar-refractivity contribution >= 4 is 29.4 Å². The van der Waals surface area contributed by atoms with Crippen molar-refractivity contribution < 1.29 is 0 Å². The monoisotopic (exact) mass is 430 g/mol. The molecule has 2 N–H and O–H groups in total. The van der Waals surface area contributed by atoms with Crippen LogP contribution in [0.15, 0.2) is 47.6 Å². The molecule has 5 rings (SSSR count). The molecule has 2 aliphatic rings. The second kappa shape index (κ2) is 9.23. The topological polar surface area (TPSA) is 111 Å². The van der Waals surface area contributed by atoms with Crippen LogP contribution in [0, 0.1) is 0 Å². The van der Waals surface area contributed by atoms with Gasteiger partial charge in [0.2, 0.25) is 11.9 Å². The summed E-state index contributed by atoms with van der Waals surface area (Å²) in [5.74, 6) is 2.08. The van der Waals surface area contributed by atoms with E-state index in [-0.39, 0.29) is 0 Å². The van der Waals surface area contributed by atoms with Crippen LogP contribution in [0.5, 0.6) is 0 Å². The number of nitrogens with zero attached hydrogens (tertiary/aromatic N) is 8. The standard InChI is InChI=1S/C22H26N10/c1-31-11-13-32(14-12-31)22-27-20(24-16-7-3-2-4-8-16)26-21(28-22)25-19-15-18(29-30-19)17-9-5-6-10-23-17/h3,5-7,9-10,15H,2,4,8,11-14H2,1H3,(H2,25,26,27,28,29,30). The summed E-state index contributed by atoms with van der Waals surface area (Å²) in [7, 11) is 2.13. The Balaban J connectivity index is 1.43. The van der Waals surface area contributed by atoms with E-state index in [0.717, 1.165) is 62.5 Å². The number of aromatic nitrogens is 6. The fourth-order valence-electron chi connectivity index (χ4n) is 3.69. The third-order valence-electron chi connectivity index (χ3n) is 5.51. The summed E-state index contributed by atoms with van der Waals surface area (Å²) in [6.45, 7) is 3.66. The van der Waals surface area contributed by atoms with Crippen molar-refractivity contribution in [1.82, 2.24) is 35.0 Å². The number of piperazine rings is 1. The molecule has 164 valence electrons. The molecule has 0 unspecified atom stereocenters. The van der Waals surface area contributed by atoms with Crippen molar-refractivity contribution in [2.24, 2.45) is 4.99 Å². The van der Waals surface area contributed by atoms with E-state index in [9.17, 15) is 0 Å². The van der Waals surface area contributed by atoms with Crippen LogP contribution >= 0.6 is 0 Å². The molecule has 1 saturated heterocycles. The molecule has 1 aliphatic heterocycles. The Bertz CT molecular complexity index is 1110. The summed E-state index contributed by atoms with van der Waals surface area (Å²) >= 11 is 0. The van der Waals surface area contributed by atoms with Crippen LogP contribution in [-0.4, -0.2) is 74.0 Å². The fourth-order valence-corrected chi connectivity index (χ4v) is 3.69. The normalized spacial score (nSPS) is 18.3. The van der Waals surface area contributed by atoms with Crippen molar-refractivity contribution in [3.8, 4) is 11.4 Å². The Labute approximate surface area is 186 Å². The van der Waals surface area contributed by atoms with E-state index in [0.29, 0.717) is 23.7 Å². The van der Waals surface area contributed by atoms with Crippen LogP contribution in [0.25, 0.3) is 11.4 Å². The van der Waals surface area contributed by atoms with Gasteiger partial charge >= 0.3 is 0 Å². The van der Waals surface area contributed by atoms with Crippen LogP contribution in [0.4, 0.5) is 23.7 Å². The lowest BCUT2D eigenvalue weighted by molar-refractivity contribution is 0.311. The van der Waals surface area contributed by atoms with Crippen molar-refractivity contribution in [3.05, 3.63) is 42.6 Å². The quantitative estimate of drug-likeness (QED) is 0.636. The molecule has 1 fully saturated rings. The predicted molar refractivity (Wildman–Crippen MR) is 125 cm³/mol. The van der Waals surface area contributed by atoms with Gasteiger partial charge in [-0.2, -0.15) is 20.1 Å². The Hall–Kier alpha value is -3.66. The van der Waals surface area contributed by atoms with Crippen LogP contribution in [0.2, 0.25) is 0 Å². The highest BCUT2D eigenvalue weighted by atomic mass is 15.4. The molecule has 0 amide bonds. The van der Waals surface area contributed by atoms with Crippen LogP contribution in [-0.2, 0) is 0 Å². The van der Waals surface area contributed by atoms with Gasteiger partial charge in [-0.3, -0.25) is 10.1 Å². The number of hydrogen-bond donors (Lipinski definition) is 2. The van der Waals surface area contributed by atoms with E-state index in [1.807, 2.05) is 24.3 Å². The Morgan fingerprint density at radius 1 is 1.09 bits per heavy atom. The summed E-state index contributed by atoms with van der Waals surface area (Å²) in [5.41, 5.74) is 2.63. The van der Waals surface area contributed by atoms with Crippen molar-refractivity contribution in [3.63, 3.8) is 0 Å². The average Bonchev–Trinajstić information content (AvgIpc) is 3.29. The van der Waals surface area contributed by atoms with E-state index in [2.05, 4.69) is 64.4 Å². The number of rotatable bonds is 5. The molecule has 0 atom stereocenters. The van der Waals surface area contributed by atoms with Gasteiger partial charge in [0.25, 0.3) is 5.95 Å². The van der Waals surface area contributed by atoms with Gasteiger partial charge in [0, 0.05) is 44.2 Å². The first kappa shape index (κ1) is 20.3. The SMILES string of the molecule is CN1CCN(c2nc(N=C3C=CCCC3)nc(Nc3cc(-c4ccccn4)[nH]n3)n2)CC1. The fraction of sp³-hybridized carbons (Fsp3) is 0.364. The molecule has 0 aromatic carbocycles. The van der Waals surface area contributed by atoms with Gasteiger partial charge in [-0.15, -0.1) is 0 Å². The van der Waals surface area contributed by atoms with Gasteiger partial charge in [-0.25, -0.2) is 4.99 Å². The Morgan fingerprint density at radius 3 is 2.78 bits per heavy atom. The number of likely N-dealkylation sites (N-methyl/N-ethyl adjacent to an activating group) is 1.